The van der Waals surface area contributed by atoms with Gasteiger partial charge in [0.1, 0.15) is 18.1 Å². The number of benzene rings is 1. The van der Waals surface area contributed by atoms with Gasteiger partial charge in [-0.25, -0.2) is 4.79 Å². The van der Waals surface area contributed by atoms with Crippen LogP contribution in [0.1, 0.15) is 18.6 Å². The minimum absolute atomic E-state index is 0.0178. The molecule has 6 nitrogen and oxygen atoms in total. The highest BCUT2D eigenvalue weighted by atomic mass is 16.5. The molecule has 0 radical (unpaired) electrons. The number of rotatable bonds is 4. The van der Waals surface area contributed by atoms with Gasteiger partial charge in [0.05, 0.1) is 6.26 Å². The Morgan fingerprint density at radius 3 is 2.88 bits per heavy atom. The first-order chi connectivity index (χ1) is 12.3. The van der Waals surface area contributed by atoms with Gasteiger partial charge in [0, 0.05) is 31.4 Å². The van der Waals surface area contributed by atoms with E-state index in [0.29, 0.717) is 12.6 Å². The Morgan fingerprint density at radius 1 is 1.20 bits per heavy atom. The molecule has 1 aromatic heterocycles. The lowest BCUT2D eigenvalue weighted by Crippen LogP contribution is -2.53. The van der Waals surface area contributed by atoms with Crippen LogP contribution in [0.25, 0.3) is 0 Å². The predicted molar refractivity (Wildman–Crippen MR) is 94.7 cm³/mol. The SMILES string of the molecule is O=C(Nc1ccc(OCc2ccco2)cc1)N1CCN2CCC[C@H]2C1. The fourth-order valence-electron chi connectivity index (χ4n) is 3.56. The molecule has 0 bridgehead atoms. The Kier molecular flexibility index (Phi) is 4.61. The van der Waals surface area contributed by atoms with Crippen molar-refractivity contribution >= 4 is 11.7 Å². The van der Waals surface area contributed by atoms with E-state index in [0.717, 1.165) is 36.8 Å². The van der Waals surface area contributed by atoms with Crippen molar-refractivity contribution in [1.29, 1.82) is 0 Å². The maximum atomic E-state index is 12.5. The highest BCUT2D eigenvalue weighted by molar-refractivity contribution is 5.89. The predicted octanol–water partition coefficient (Wildman–Crippen LogP) is 3.17. The van der Waals surface area contributed by atoms with Gasteiger partial charge in [0.2, 0.25) is 0 Å². The van der Waals surface area contributed by atoms with Crippen molar-refractivity contribution < 1.29 is 13.9 Å². The molecule has 2 aromatic rings. The number of carbonyl (C=O) groups excluding carboxylic acids is 1. The summed E-state index contributed by atoms with van der Waals surface area (Å²) in [5, 5.41) is 2.98. The van der Waals surface area contributed by atoms with Crippen LogP contribution in [0, 0.1) is 0 Å². The van der Waals surface area contributed by atoms with Gasteiger partial charge in [-0.15, -0.1) is 0 Å². The number of anilines is 1. The molecule has 2 aliphatic heterocycles. The summed E-state index contributed by atoms with van der Waals surface area (Å²) in [6, 6.07) is 11.7. The molecule has 25 heavy (non-hydrogen) atoms. The van der Waals surface area contributed by atoms with Crippen LogP contribution in [0.15, 0.2) is 47.1 Å². The van der Waals surface area contributed by atoms with Crippen molar-refractivity contribution in [2.45, 2.75) is 25.5 Å². The topological polar surface area (TPSA) is 58.0 Å². The van der Waals surface area contributed by atoms with E-state index in [1.54, 1.807) is 6.26 Å². The van der Waals surface area contributed by atoms with E-state index >= 15 is 0 Å². The minimum atomic E-state index is -0.0178. The molecule has 1 atom stereocenters. The zero-order valence-electron chi connectivity index (χ0n) is 14.2. The van der Waals surface area contributed by atoms with Crippen LogP contribution >= 0.6 is 0 Å². The Labute approximate surface area is 147 Å². The molecule has 132 valence electrons. The highest BCUT2D eigenvalue weighted by Crippen LogP contribution is 2.22. The average Bonchev–Trinajstić information content (AvgIpc) is 3.32. The normalized spacial score (nSPS) is 20.3. The van der Waals surface area contributed by atoms with Crippen molar-refractivity contribution in [2.75, 3.05) is 31.5 Å². The molecule has 0 saturated carbocycles. The van der Waals surface area contributed by atoms with Crippen molar-refractivity contribution in [3.63, 3.8) is 0 Å². The molecular formula is C19H23N3O3. The molecule has 2 saturated heterocycles. The van der Waals surface area contributed by atoms with Crippen LogP contribution in [0.5, 0.6) is 5.75 Å². The number of amides is 2. The molecule has 2 amide bonds. The number of ether oxygens (including phenoxy) is 1. The maximum absolute atomic E-state index is 12.5. The lowest BCUT2D eigenvalue weighted by molar-refractivity contribution is 0.124. The number of nitrogens with one attached hydrogen (secondary N) is 1. The Morgan fingerprint density at radius 2 is 2.08 bits per heavy atom. The summed E-state index contributed by atoms with van der Waals surface area (Å²) in [7, 11) is 0. The van der Waals surface area contributed by atoms with E-state index in [4.69, 9.17) is 9.15 Å². The molecular weight excluding hydrogens is 318 g/mol. The smallest absolute Gasteiger partial charge is 0.321 e. The quantitative estimate of drug-likeness (QED) is 0.928. The summed E-state index contributed by atoms with van der Waals surface area (Å²) < 4.78 is 10.9. The molecule has 2 aliphatic rings. The first-order valence-electron chi connectivity index (χ1n) is 8.83. The van der Waals surface area contributed by atoms with Crippen LogP contribution < -0.4 is 10.1 Å². The molecule has 2 fully saturated rings. The largest absolute Gasteiger partial charge is 0.486 e. The standard InChI is InChI=1S/C19H23N3O3/c23-19(22-11-10-21-9-1-3-16(21)13-22)20-15-5-7-17(8-6-15)25-14-18-4-2-12-24-18/h2,4-8,12,16H,1,3,9-11,13-14H2,(H,20,23)/t16-/m0/s1. The van der Waals surface area contributed by atoms with Crippen molar-refractivity contribution in [2.24, 2.45) is 0 Å². The van der Waals surface area contributed by atoms with Gasteiger partial charge in [-0.2, -0.15) is 0 Å². The third kappa shape index (κ3) is 3.79. The minimum Gasteiger partial charge on any atom is -0.486 e. The lowest BCUT2D eigenvalue weighted by Gasteiger charge is -2.37. The van der Waals surface area contributed by atoms with E-state index in [1.165, 1.54) is 19.4 Å². The highest BCUT2D eigenvalue weighted by Gasteiger charge is 2.32. The number of nitrogens with zero attached hydrogens (tertiary/aromatic N) is 2. The van der Waals surface area contributed by atoms with Crippen LogP contribution in [-0.2, 0) is 6.61 Å². The van der Waals surface area contributed by atoms with Gasteiger partial charge in [-0.3, -0.25) is 4.90 Å². The number of furan rings is 1. The maximum Gasteiger partial charge on any atom is 0.321 e. The molecule has 0 aliphatic carbocycles. The molecule has 1 aromatic carbocycles. The van der Waals surface area contributed by atoms with Gasteiger partial charge in [-0.1, -0.05) is 0 Å². The second-order valence-corrected chi connectivity index (χ2v) is 6.60. The number of hydrogen-bond acceptors (Lipinski definition) is 4. The number of fused-ring (bicyclic) bond motifs is 1. The van der Waals surface area contributed by atoms with E-state index in [1.807, 2.05) is 41.3 Å². The lowest BCUT2D eigenvalue weighted by atomic mass is 10.1. The van der Waals surface area contributed by atoms with Gasteiger partial charge < -0.3 is 19.4 Å². The Bertz CT molecular complexity index is 699. The average molecular weight is 341 g/mol. The van der Waals surface area contributed by atoms with Crippen molar-refractivity contribution in [3.05, 3.63) is 48.4 Å². The van der Waals surface area contributed by atoms with Crippen LogP contribution in [0.3, 0.4) is 0 Å². The van der Waals surface area contributed by atoms with Gasteiger partial charge in [0.25, 0.3) is 0 Å². The first kappa shape index (κ1) is 16.0. The molecule has 1 N–H and O–H groups in total. The number of urea groups is 1. The molecule has 6 heteroatoms. The summed E-state index contributed by atoms with van der Waals surface area (Å²) in [5.41, 5.74) is 0.782. The Hall–Kier alpha value is -2.47. The molecule has 4 rings (SSSR count). The molecule has 0 spiro atoms. The van der Waals surface area contributed by atoms with Crippen molar-refractivity contribution in [3.8, 4) is 5.75 Å². The Balaban J connectivity index is 1.29. The van der Waals surface area contributed by atoms with E-state index in [-0.39, 0.29) is 6.03 Å². The summed E-state index contributed by atoms with van der Waals surface area (Å²) in [5.74, 6) is 1.53. The van der Waals surface area contributed by atoms with Crippen molar-refractivity contribution in [1.82, 2.24) is 9.80 Å². The van der Waals surface area contributed by atoms with Gasteiger partial charge in [-0.05, 0) is 55.8 Å². The van der Waals surface area contributed by atoms with Gasteiger partial charge >= 0.3 is 6.03 Å². The zero-order valence-corrected chi connectivity index (χ0v) is 14.2. The molecule has 3 heterocycles. The van der Waals surface area contributed by atoms with E-state index in [9.17, 15) is 4.79 Å². The van der Waals surface area contributed by atoms with Gasteiger partial charge in [0.15, 0.2) is 0 Å². The van der Waals surface area contributed by atoms with E-state index in [2.05, 4.69) is 10.2 Å². The summed E-state index contributed by atoms with van der Waals surface area (Å²) in [6.45, 7) is 4.18. The third-order valence-electron chi connectivity index (χ3n) is 4.94. The zero-order chi connectivity index (χ0) is 17.1. The first-order valence-corrected chi connectivity index (χ1v) is 8.83. The molecule has 0 unspecified atom stereocenters. The van der Waals surface area contributed by atoms with Crippen LogP contribution in [-0.4, -0.2) is 48.1 Å². The second-order valence-electron chi connectivity index (χ2n) is 6.60. The number of piperazine rings is 1. The summed E-state index contributed by atoms with van der Waals surface area (Å²) in [6.07, 6.45) is 4.08. The van der Waals surface area contributed by atoms with Crippen LogP contribution in [0.2, 0.25) is 0 Å². The fraction of sp³-hybridized carbons (Fsp3) is 0.421. The third-order valence-corrected chi connectivity index (χ3v) is 4.94. The van der Waals surface area contributed by atoms with E-state index < -0.39 is 0 Å². The monoisotopic (exact) mass is 341 g/mol. The summed E-state index contributed by atoms with van der Waals surface area (Å²) >= 11 is 0. The second kappa shape index (κ2) is 7.19. The fourth-order valence-corrected chi connectivity index (χ4v) is 3.56. The number of carbonyl (C=O) groups is 1. The van der Waals surface area contributed by atoms with Crippen LogP contribution in [0.4, 0.5) is 10.5 Å². The number of hydrogen-bond donors (Lipinski definition) is 1. The summed E-state index contributed by atoms with van der Waals surface area (Å²) in [4.78, 5) is 16.9.